The lowest BCUT2D eigenvalue weighted by Gasteiger charge is -2.34. The molecule has 1 saturated heterocycles. The molecule has 0 bridgehead atoms. The van der Waals surface area contributed by atoms with Gasteiger partial charge in [-0.25, -0.2) is 4.68 Å². The fourth-order valence-electron chi connectivity index (χ4n) is 3.56. The molecule has 0 saturated carbocycles. The van der Waals surface area contributed by atoms with Crippen LogP contribution in [0.15, 0.2) is 30.5 Å². The molecule has 2 atom stereocenters. The average Bonchev–Trinajstić information content (AvgIpc) is 3.01. The predicted octanol–water partition coefficient (Wildman–Crippen LogP) is 3.38. The predicted molar refractivity (Wildman–Crippen MR) is 94.1 cm³/mol. The monoisotopic (exact) mass is 395 g/mol. The lowest BCUT2D eigenvalue weighted by atomic mass is 9.87. The Labute approximate surface area is 159 Å². The molecule has 1 amide bonds. The number of aromatic nitrogens is 2. The smallest absolute Gasteiger partial charge is 0.416 e. The first kappa shape index (κ1) is 19.9. The van der Waals surface area contributed by atoms with Gasteiger partial charge < -0.3 is 10.0 Å². The zero-order valence-corrected chi connectivity index (χ0v) is 15.4. The molecule has 0 spiro atoms. The van der Waals surface area contributed by atoms with E-state index < -0.39 is 23.6 Å². The normalized spacial score (nSPS) is 20.2. The van der Waals surface area contributed by atoms with Crippen molar-refractivity contribution in [3.8, 4) is 5.69 Å². The summed E-state index contributed by atoms with van der Waals surface area (Å²) in [4.78, 5) is 25.7. The number of benzene rings is 1. The van der Waals surface area contributed by atoms with Crippen LogP contribution in [0.5, 0.6) is 0 Å². The molecule has 1 aliphatic rings. The quantitative estimate of drug-likeness (QED) is 0.865. The van der Waals surface area contributed by atoms with Crippen molar-refractivity contribution >= 4 is 11.9 Å². The molecule has 150 valence electrons. The Morgan fingerprint density at radius 2 is 2.00 bits per heavy atom. The van der Waals surface area contributed by atoms with E-state index in [0.717, 1.165) is 12.1 Å². The molecular formula is C19H20F3N3O3. The van der Waals surface area contributed by atoms with Gasteiger partial charge in [-0.1, -0.05) is 13.0 Å². The second-order valence-corrected chi connectivity index (χ2v) is 7.07. The Hall–Kier alpha value is -2.84. The highest BCUT2D eigenvalue weighted by atomic mass is 19.4. The standard InChI is InChI=1S/C19H20F3N3O3/c1-11-10-24(7-6-15(11)18(27)28)17(26)16-9-23-25(12(16)2)14-5-3-4-13(8-14)19(20,21)22/h3-5,8-9,11,15H,6-7,10H2,1-2H3,(H,27,28). The van der Waals surface area contributed by atoms with Gasteiger partial charge in [-0.3, -0.25) is 9.59 Å². The van der Waals surface area contributed by atoms with Crippen LogP contribution in [-0.4, -0.2) is 44.8 Å². The Balaban J connectivity index is 1.84. The molecule has 0 aliphatic carbocycles. The first-order valence-corrected chi connectivity index (χ1v) is 8.84. The highest BCUT2D eigenvalue weighted by molar-refractivity contribution is 5.95. The second-order valence-electron chi connectivity index (χ2n) is 7.07. The molecule has 6 nitrogen and oxygen atoms in total. The van der Waals surface area contributed by atoms with Gasteiger partial charge in [0.15, 0.2) is 0 Å². The van der Waals surface area contributed by atoms with Crippen LogP contribution < -0.4 is 0 Å². The number of alkyl halides is 3. The van der Waals surface area contributed by atoms with E-state index >= 15 is 0 Å². The Morgan fingerprint density at radius 1 is 1.29 bits per heavy atom. The van der Waals surface area contributed by atoms with Gasteiger partial charge in [-0.05, 0) is 37.5 Å². The number of piperidine rings is 1. The van der Waals surface area contributed by atoms with Gasteiger partial charge in [0, 0.05) is 13.1 Å². The van der Waals surface area contributed by atoms with E-state index in [4.69, 9.17) is 0 Å². The number of hydrogen-bond acceptors (Lipinski definition) is 3. The lowest BCUT2D eigenvalue weighted by Crippen LogP contribution is -2.45. The van der Waals surface area contributed by atoms with Crippen LogP contribution in [0, 0.1) is 18.8 Å². The van der Waals surface area contributed by atoms with Crippen LogP contribution in [-0.2, 0) is 11.0 Å². The fourth-order valence-corrected chi connectivity index (χ4v) is 3.56. The van der Waals surface area contributed by atoms with Gasteiger partial charge >= 0.3 is 12.1 Å². The van der Waals surface area contributed by atoms with Gasteiger partial charge in [0.2, 0.25) is 0 Å². The summed E-state index contributed by atoms with van der Waals surface area (Å²) in [6.45, 7) is 4.03. The molecule has 1 fully saturated rings. The van der Waals surface area contributed by atoms with Gasteiger partial charge in [0.1, 0.15) is 0 Å². The molecule has 2 aromatic rings. The zero-order valence-electron chi connectivity index (χ0n) is 15.4. The number of likely N-dealkylation sites (tertiary alicyclic amines) is 1. The number of rotatable bonds is 3. The van der Waals surface area contributed by atoms with Crippen molar-refractivity contribution in [3.63, 3.8) is 0 Å². The number of carbonyl (C=O) groups excluding carboxylic acids is 1. The fraction of sp³-hybridized carbons (Fsp3) is 0.421. The minimum absolute atomic E-state index is 0.186. The molecule has 1 aliphatic heterocycles. The summed E-state index contributed by atoms with van der Waals surface area (Å²) in [7, 11) is 0. The molecule has 2 unspecified atom stereocenters. The topological polar surface area (TPSA) is 75.4 Å². The van der Waals surface area contributed by atoms with Gasteiger partial charge in [-0.2, -0.15) is 18.3 Å². The zero-order chi connectivity index (χ0) is 20.6. The first-order chi connectivity index (χ1) is 13.1. The van der Waals surface area contributed by atoms with E-state index in [9.17, 15) is 27.9 Å². The number of amides is 1. The van der Waals surface area contributed by atoms with Crippen molar-refractivity contribution in [1.29, 1.82) is 0 Å². The summed E-state index contributed by atoms with van der Waals surface area (Å²) < 4.78 is 40.2. The minimum Gasteiger partial charge on any atom is -0.481 e. The van der Waals surface area contributed by atoms with E-state index in [2.05, 4.69) is 5.10 Å². The third-order valence-electron chi connectivity index (χ3n) is 5.17. The van der Waals surface area contributed by atoms with Gasteiger partial charge in [0.25, 0.3) is 5.91 Å². The number of nitrogens with zero attached hydrogens (tertiary/aromatic N) is 3. The molecule has 1 aromatic carbocycles. The molecule has 1 aromatic heterocycles. The Morgan fingerprint density at radius 3 is 2.61 bits per heavy atom. The SMILES string of the molecule is Cc1c(C(=O)N2CCC(C(=O)O)C(C)C2)cnn1-c1cccc(C(F)(F)F)c1. The van der Waals surface area contributed by atoms with E-state index in [1.807, 2.05) is 0 Å². The van der Waals surface area contributed by atoms with Crippen LogP contribution in [0.3, 0.4) is 0 Å². The van der Waals surface area contributed by atoms with Gasteiger partial charge in [-0.15, -0.1) is 0 Å². The molecule has 1 N–H and O–H groups in total. The summed E-state index contributed by atoms with van der Waals surface area (Å²) in [5, 5.41) is 13.3. The maximum atomic E-state index is 13.0. The Kier molecular flexibility index (Phi) is 5.18. The largest absolute Gasteiger partial charge is 0.481 e. The summed E-state index contributed by atoms with van der Waals surface area (Å²) in [6.07, 6.45) is -2.77. The van der Waals surface area contributed by atoms with Crippen LogP contribution in [0.25, 0.3) is 5.69 Å². The maximum absolute atomic E-state index is 13.0. The molecule has 28 heavy (non-hydrogen) atoms. The van der Waals surface area contributed by atoms with E-state index in [-0.39, 0.29) is 17.5 Å². The summed E-state index contributed by atoms with van der Waals surface area (Å²) in [5.41, 5.74) is 0.136. The molecule has 0 radical (unpaired) electrons. The number of carboxylic acids is 1. The molecule has 9 heteroatoms. The van der Waals surface area contributed by atoms with Crippen molar-refractivity contribution in [2.75, 3.05) is 13.1 Å². The number of hydrogen-bond donors (Lipinski definition) is 1. The second kappa shape index (κ2) is 7.29. The number of halogens is 3. The number of carbonyl (C=O) groups is 2. The van der Waals surface area contributed by atoms with Crippen LogP contribution in [0.2, 0.25) is 0 Å². The minimum atomic E-state index is -4.47. The maximum Gasteiger partial charge on any atom is 0.416 e. The number of aliphatic carboxylic acids is 1. The summed E-state index contributed by atoms with van der Waals surface area (Å²) in [5.74, 6) is -1.84. The van der Waals surface area contributed by atoms with E-state index in [0.29, 0.717) is 30.8 Å². The highest BCUT2D eigenvalue weighted by Gasteiger charge is 2.34. The van der Waals surface area contributed by atoms with E-state index in [1.165, 1.54) is 23.0 Å². The lowest BCUT2D eigenvalue weighted by molar-refractivity contribution is -0.145. The summed E-state index contributed by atoms with van der Waals surface area (Å²) >= 11 is 0. The number of carboxylic acid groups (broad SMARTS) is 1. The van der Waals surface area contributed by atoms with Crippen molar-refractivity contribution in [2.45, 2.75) is 26.4 Å². The molecular weight excluding hydrogens is 375 g/mol. The van der Waals surface area contributed by atoms with Crippen molar-refractivity contribution < 1.29 is 27.9 Å². The van der Waals surface area contributed by atoms with Gasteiger partial charge in [0.05, 0.1) is 34.6 Å². The van der Waals surface area contributed by atoms with Crippen LogP contribution in [0.1, 0.15) is 35.0 Å². The Bertz CT molecular complexity index is 907. The van der Waals surface area contributed by atoms with Crippen LogP contribution in [0.4, 0.5) is 13.2 Å². The van der Waals surface area contributed by atoms with Crippen molar-refractivity contribution in [3.05, 3.63) is 47.3 Å². The summed E-state index contributed by atoms with van der Waals surface area (Å²) in [6, 6.07) is 4.74. The highest BCUT2D eigenvalue weighted by Crippen LogP contribution is 2.31. The third kappa shape index (κ3) is 3.74. The van der Waals surface area contributed by atoms with Crippen molar-refractivity contribution in [1.82, 2.24) is 14.7 Å². The van der Waals surface area contributed by atoms with Crippen LogP contribution >= 0.6 is 0 Å². The molecule has 3 rings (SSSR count). The van der Waals surface area contributed by atoms with E-state index in [1.54, 1.807) is 18.7 Å². The van der Waals surface area contributed by atoms with Crippen molar-refractivity contribution in [2.24, 2.45) is 11.8 Å². The third-order valence-corrected chi connectivity index (χ3v) is 5.17. The first-order valence-electron chi connectivity index (χ1n) is 8.84. The average molecular weight is 395 g/mol. The molecule has 2 heterocycles.